The molecule has 0 radical (unpaired) electrons. The molecule has 0 atom stereocenters. The smallest absolute Gasteiger partial charge is 0.236 e. The number of amidine groups is 1. The van der Waals surface area contributed by atoms with Crippen LogP contribution >= 0.6 is 11.8 Å². The van der Waals surface area contributed by atoms with Crippen LogP contribution in [0.3, 0.4) is 0 Å². The summed E-state index contributed by atoms with van der Waals surface area (Å²) in [6, 6.07) is 7.83. The minimum Gasteiger partial charge on any atom is -0.490 e. The molecule has 1 aromatic rings. The van der Waals surface area contributed by atoms with Gasteiger partial charge in [0.2, 0.25) is 5.91 Å². The Labute approximate surface area is 127 Å². The van der Waals surface area contributed by atoms with Crippen LogP contribution in [0.25, 0.3) is 0 Å². The molecule has 1 aliphatic heterocycles. The van der Waals surface area contributed by atoms with Crippen molar-refractivity contribution < 1.29 is 9.53 Å². The van der Waals surface area contributed by atoms with E-state index in [0.717, 1.165) is 24.2 Å². The van der Waals surface area contributed by atoms with Crippen molar-refractivity contribution in [3.63, 3.8) is 0 Å². The molecule has 21 heavy (non-hydrogen) atoms. The Morgan fingerprint density at radius 3 is 2.95 bits per heavy atom. The molecule has 5 nitrogen and oxygen atoms in total. The number of benzene rings is 1. The van der Waals surface area contributed by atoms with Gasteiger partial charge in [-0.15, -0.1) is 5.10 Å². The van der Waals surface area contributed by atoms with Crippen molar-refractivity contribution in [2.24, 2.45) is 10.2 Å². The maximum absolute atomic E-state index is 11.0. The number of amides is 1. The molecule has 1 saturated heterocycles. The monoisotopic (exact) mass is 303 g/mol. The molecule has 3 rings (SSSR count). The third kappa shape index (κ3) is 4.07. The average Bonchev–Trinajstić information content (AvgIpc) is 3.11. The average molecular weight is 303 g/mol. The lowest BCUT2D eigenvalue weighted by atomic mass is 10.2. The van der Waals surface area contributed by atoms with Crippen molar-refractivity contribution in [2.45, 2.75) is 31.8 Å². The summed E-state index contributed by atoms with van der Waals surface area (Å²) in [4.78, 5) is 11.0. The van der Waals surface area contributed by atoms with Crippen molar-refractivity contribution in [3.8, 4) is 5.75 Å². The highest BCUT2D eigenvalue weighted by Gasteiger charge is 2.17. The number of hydrogen-bond donors (Lipinski definition) is 1. The number of rotatable bonds is 4. The first-order valence-corrected chi connectivity index (χ1v) is 8.08. The summed E-state index contributed by atoms with van der Waals surface area (Å²) in [6.45, 7) is 0. The molecule has 0 unspecified atom stereocenters. The second kappa shape index (κ2) is 6.76. The fourth-order valence-corrected chi connectivity index (χ4v) is 3.02. The quantitative estimate of drug-likeness (QED) is 0.687. The first-order valence-electron chi connectivity index (χ1n) is 7.10. The Kier molecular flexibility index (Phi) is 4.55. The van der Waals surface area contributed by atoms with Gasteiger partial charge in [-0.2, -0.15) is 5.10 Å². The van der Waals surface area contributed by atoms with E-state index >= 15 is 0 Å². The van der Waals surface area contributed by atoms with E-state index in [9.17, 15) is 4.79 Å². The first kappa shape index (κ1) is 14.1. The standard InChI is InChI=1S/C15H17N3O2S/c19-14-10-21-15(17-14)18-16-9-11-4-3-7-13(8-11)20-12-5-1-2-6-12/h3-4,7-9,12H,1-2,5-6,10H2,(H,17,18,19). The molecule has 1 amide bonds. The van der Waals surface area contributed by atoms with Gasteiger partial charge in [0.25, 0.3) is 0 Å². The van der Waals surface area contributed by atoms with E-state index in [2.05, 4.69) is 15.5 Å². The maximum atomic E-state index is 11.0. The molecule has 6 heteroatoms. The van der Waals surface area contributed by atoms with E-state index in [1.807, 2.05) is 24.3 Å². The van der Waals surface area contributed by atoms with Crippen LogP contribution in [0.2, 0.25) is 0 Å². The van der Waals surface area contributed by atoms with Gasteiger partial charge in [0.1, 0.15) is 5.75 Å². The molecule has 0 bridgehead atoms. The SMILES string of the molecule is O=C1CSC(=NN=Cc2cccc(OC3CCCC3)c2)N1. The van der Waals surface area contributed by atoms with Crippen LogP contribution < -0.4 is 10.1 Å². The number of nitrogens with one attached hydrogen (secondary N) is 1. The molecule has 1 N–H and O–H groups in total. The van der Waals surface area contributed by atoms with E-state index in [1.165, 1.54) is 24.6 Å². The normalized spacial score (nSPS) is 21.3. The lowest BCUT2D eigenvalue weighted by Crippen LogP contribution is -2.19. The zero-order chi connectivity index (χ0) is 14.5. The molecule has 2 aliphatic rings. The van der Waals surface area contributed by atoms with Crippen molar-refractivity contribution >= 4 is 29.1 Å². The van der Waals surface area contributed by atoms with Gasteiger partial charge in [0.15, 0.2) is 5.17 Å². The first-order chi connectivity index (χ1) is 10.3. The van der Waals surface area contributed by atoms with Crippen LogP contribution in [0.4, 0.5) is 0 Å². The van der Waals surface area contributed by atoms with Gasteiger partial charge in [-0.25, -0.2) is 0 Å². The van der Waals surface area contributed by atoms with E-state index in [0.29, 0.717) is 17.0 Å². The van der Waals surface area contributed by atoms with Crippen LogP contribution in [0.15, 0.2) is 34.5 Å². The molecule has 2 fully saturated rings. The Morgan fingerprint density at radius 2 is 2.19 bits per heavy atom. The molecule has 1 saturated carbocycles. The van der Waals surface area contributed by atoms with Gasteiger partial charge in [0, 0.05) is 0 Å². The minimum atomic E-state index is -0.0269. The Bertz CT molecular complexity index is 580. The molecular formula is C15H17N3O2S. The summed E-state index contributed by atoms with van der Waals surface area (Å²) in [5, 5.41) is 11.2. The highest BCUT2D eigenvalue weighted by Crippen LogP contribution is 2.24. The minimum absolute atomic E-state index is 0.0269. The Balaban J connectivity index is 1.61. The summed E-state index contributed by atoms with van der Waals surface area (Å²) < 4.78 is 5.95. The van der Waals surface area contributed by atoms with Gasteiger partial charge >= 0.3 is 0 Å². The lowest BCUT2D eigenvalue weighted by molar-refractivity contribution is -0.116. The Hall–Kier alpha value is -1.82. The zero-order valence-corrected chi connectivity index (χ0v) is 12.4. The molecule has 110 valence electrons. The number of nitrogens with zero attached hydrogens (tertiary/aromatic N) is 2. The fourth-order valence-electron chi connectivity index (χ4n) is 2.39. The van der Waals surface area contributed by atoms with Gasteiger partial charge in [-0.05, 0) is 43.4 Å². The van der Waals surface area contributed by atoms with Crippen molar-refractivity contribution in [1.82, 2.24) is 5.32 Å². The van der Waals surface area contributed by atoms with Crippen molar-refractivity contribution in [1.29, 1.82) is 0 Å². The Morgan fingerprint density at radius 1 is 1.33 bits per heavy atom. The third-order valence-electron chi connectivity index (χ3n) is 3.40. The highest BCUT2D eigenvalue weighted by molar-refractivity contribution is 8.15. The molecule has 0 spiro atoms. The predicted molar refractivity (Wildman–Crippen MR) is 85.0 cm³/mol. The van der Waals surface area contributed by atoms with E-state index in [-0.39, 0.29) is 5.91 Å². The van der Waals surface area contributed by atoms with E-state index in [4.69, 9.17) is 4.74 Å². The summed E-state index contributed by atoms with van der Waals surface area (Å²) >= 11 is 1.36. The topological polar surface area (TPSA) is 63.0 Å². The summed E-state index contributed by atoms with van der Waals surface area (Å²) in [5.41, 5.74) is 0.934. The summed E-state index contributed by atoms with van der Waals surface area (Å²) in [5.74, 6) is 1.27. The van der Waals surface area contributed by atoms with Crippen molar-refractivity contribution in [2.75, 3.05) is 5.75 Å². The zero-order valence-electron chi connectivity index (χ0n) is 11.6. The van der Waals surface area contributed by atoms with Crippen LogP contribution in [0, 0.1) is 0 Å². The predicted octanol–water partition coefficient (Wildman–Crippen LogP) is 2.56. The van der Waals surface area contributed by atoms with Gasteiger partial charge < -0.3 is 10.1 Å². The number of carbonyl (C=O) groups excluding carboxylic acids is 1. The fraction of sp³-hybridized carbons (Fsp3) is 0.400. The van der Waals surface area contributed by atoms with Crippen LogP contribution in [0.5, 0.6) is 5.75 Å². The second-order valence-electron chi connectivity index (χ2n) is 5.08. The molecule has 1 aromatic carbocycles. The summed E-state index contributed by atoms with van der Waals surface area (Å²) in [6.07, 6.45) is 6.81. The maximum Gasteiger partial charge on any atom is 0.236 e. The van der Waals surface area contributed by atoms with Crippen LogP contribution in [-0.2, 0) is 4.79 Å². The largest absolute Gasteiger partial charge is 0.490 e. The second-order valence-corrected chi connectivity index (χ2v) is 6.05. The van der Waals surface area contributed by atoms with Crippen LogP contribution in [-0.4, -0.2) is 29.1 Å². The summed E-state index contributed by atoms with van der Waals surface area (Å²) in [7, 11) is 0. The lowest BCUT2D eigenvalue weighted by Gasteiger charge is -2.12. The van der Waals surface area contributed by atoms with Gasteiger partial charge in [-0.1, -0.05) is 23.9 Å². The molecule has 1 heterocycles. The van der Waals surface area contributed by atoms with E-state index in [1.54, 1.807) is 6.21 Å². The number of hydrogen-bond acceptors (Lipinski definition) is 5. The molecule has 0 aromatic heterocycles. The van der Waals surface area contributed by atoms with E-state index < -0.39 is 0 Å². The molecule has 1 aliphatic carbocycles. The number of carbonyl (C=O) groups is 1. The van der Waals surface area contributed by atoms with Crippen molar-refractivity contribution in [3.05, 3.63) is 29.8 Å². The highest BCUT2D eigenvalue weighted by atomic mass is 32.2. The number of ether oxygens (including phenoxy) is 1. The van der Waals surface area contributed by atoms with Gasteiger partial charge in [-0.3, -0.25) is 4.79 Å². The number of thioether (sulfide) groups is 1. The third-order valence-corrected chi connectivity index (χ3v) is 4.27. The van der Waals surface area contributed by atoms with Gasteiger partial charge in [0.05, 0.1) is 18.1 Å². The molecular weight excluding hydrogens is 286 g/mol. The van der Waals surface area contributed by atoms with Crippen LogP contribution in [0.1, 0.15) is 31.2 Å².